The van der Waals surface area contributed by atoms with Gasteiger partial charge in [0.2, 0.25) is 17.7 Å². The number of H-pyrrole nitrogens is 1. The van der Waals surface area contributed by atoms with Crippen LogP contribution < -0.4 is 33.2 Å². The summed E-state index contributed by atoms with van der Waals surface area (Å²) in [6.45, 7) is -0.640. The summed E-state index contributed by atoms with van der Waals surface area (Å²) in [5.74, 6) is -4.03. The van der Waals surface area contributed by atoms with E-state index in [2.05, 4.69) is 43.5 Å². The number of nitrogens with one attached hydrogen (secondary N) is 4. The number of carboxylic acid groups (broad SMARTS) is 1. The normalized spacial score (nSPS) is 14.2. The number of nitrogens with zero attached hydrogens (tertiary/aromatic N) is 2. The number of aliphatic carboxylic acids is 1. The van der Waals surface area contributed by atoms with Crippen molar-refractivity contribution in [1.29, 1.82) is 0 Å². The summed E-state index contributed by atoms with van der Waals surface area (Å²) in [7, 11) is 0. The van der Waals surface area contributed by atoms with E-state index in [0.29, 0.717) is 12.1 Å². The van der Waals surface area contributed by atoms with Gasteiger partial charge in [-0.05, 0) is 12.8 Å². The second kappa shape index (κ2) is 14.7. The van der Waals surface area contributed by atoms with Gasteiger partial charge in [0.25, 0.3) is 0 Å². The lowest BCUT2D eigenvalue weighted by Crippen LogP contribution is -2.58. The number of aromatic nitrogens is 2. The van der Waals surface area contributed by atoms with Gasteiger partial charge in [0, 0.05) is 30.6 Å². The fraction of sp³-hybridized carbons (Fsp3) is 0.556. The van der Waals surface area contributed by atoms with Crippen molar-refractivity contribution in [3.8, 4) is 0 Å². The number of nitrogens with two attached hydrogens (primary N) is 3. The van der Waals surface area contributed by atoms with E-state index in [1.54, 1.807) is 0 Å². The Morgan fingerprint density at radius 3 is 2.24 bits per heavy atom. The smallest absolute Gasteiger partial charge is 0.327 e. The second-order valence-corrected chi connectivity index (χ2v) is 7.59. The van der Waals surface area contributed by atoms with Gasteiger partial charge in [-0.15, -0.1) is 0 Å². The second-order valence-electron chi connectivity index (χ2n) is 7.22. The molecule has 0 saturated carbocycles. The van der Waals surface area contributed by atoms with Crippen LogP contribution in [0, 0.1) is 0 Å². The highest BCUT2D eigenvalue weighted by atomic mass is 32.1. The van der Waals surface area contributed by atoms with Gasteiger partial charge in [0.15, 0.2) is 5.96 Å². The van der Waals surface area contributed by atoms with Gasteiger partial charge in [0.05, 0.1) is 19.0 Å². The first-order valence-electron chi connectivity index (χ1n) is 10.2. The number of amides is 3. The van der Waals surface area contributed by atoms with Crippen LogP contribution in [0.3, 0.4) is 0 Å². The minimum absolute atomic E-state index is 0.0826. The largest absolute Gasteiger partial charge is 0.480 e. The van der Waals surface area contributed by atoms with Crippen LogP contribution in [0.5, 0.6) is 0 Å². The van der Waals surface area contributed by atoms with E-state index in [-0.39, 0.29) is 31.1 Å². The molecule has 0 radical (unpaired) electrons. The van der Waals surface area contributed by atoms with E-state index in [0.717, 1.165) is 0 Å². The van der Waals surface area contributed by atoms with Crippen LogP contribution in [0.4, 0.5) is 0 Å². The maximum absolute atomic E-state index is 12.8. The molecule has 4 atom stereocenters. The lowest BCUT2D eigenvalue weighted by molar-refractivity contribution is -0.142. The van der Waals surface area contributed by atoms with Gasteiger partial charge in [0.1, 0.15) is 18.1 Å². The molecule has 16 heteroatoms. The molecule has 1 aromatic heterocycles. The van der Waals surface area contributed by atoms with E-state index < -0.39 is 54.5 Å². The van der Waals surface area contributed by atoms with Crippen molar-refractivity contribution in [3.05, 3.63) is 18.2 Å². The number of aliphatic imine (C=N–C) groups is 1. The number of thiol groups is 1. The van der Waals surface area contributed by atoms with Crippen molar-refractivity contribution < 1.29 is 29.4 Å². The number of imidazole rings is 1. The summed E-state index contributed by atoms with van der Waals surface area (Å²) in [5, 5.41) is 25.5. The number of aliphatic hydroxyl groups excluding tert-OH is 1. The summed E-state index contributed by atoms with van der Waals surface area (Å²) in [5.41, 5.74) is 17.1. The average Bonchev–Trinajstić information content (AvgIpc) is 3.29. The van der Waals surface area contributed by atoms with Crippen molar-refractivity contribution in [3.63, 3.8) is 0 Å². The van der Waals surface area contributed by atoms with Crippen LogP contribution in [-0.2, 0) is 25.6 Å². The Kier molecular flexibility index (Phi) is 12.4. The molecule has 0 aromatic carbocycles. The maximum Gasteiger partial charge on any atom is 0.327 e. The van der Waals surface area contributed by atoms with Crippen molar-refractivity contribution in [2.75, 3.05) is 18.9 Å². The molecule has 0 aliphatic carbocycles. The Morgan fingerprint density at radius 2 is 1.71 bits per heavy atom. The molecular formula is C18H31N9O6S. The molecule has 0 fully saturated rings. The summed E-state index contributed by atoms with van der Waals surface area (Å²) in [4.78, 5) is 59.2. The Bertz CT molecular complexity index is 847. The van der Waals surface area contributed by atoms with Crippen molar-refractivity contribution in [1.82, 2.24) is 25.9 Å². The lowest BCUT2D eigenvalue weighted by Gasteiger charge is -2.24. The van der Waals surface area contributed by atoms with Crippen LogP contribution in [0.1, 0.15) is 18.5 Å². The third-order valence-electron chi connectivity index (χ3n) is 4.52. The molecule has 0 bridgehead atoms. The van der Waals surface area contributed by atoms with Crippen LogP contribution in [0.2, 0.25) is 0 Å². The topological polar surface area (TPSA) is 264 Å². The molecule has 3 amide bonds. The third-order valence-corrected chi connectivity index (χ3v) is 4.89. The van der Waals surface area contributed by atoms with Crippen LogP contribution in [-0.4, -0.2) is 92.9 Å². The third kappa shape index (κ3) is 10.1. The fourth-order valence-corrected chi connectivity index (χ4v) is 2.95. The molecule has 4 unspecified atom stereocenters. The SMILES string of the molecule is NC(N)=NCCCC(NC(=O)C(N)Cc1cnc[nH]1)C(=O)NC(CO)C(=O)NC(CS)C(=O)O. The first-order chi connectivity index (χ1) is 16.1. The highest BCUT2D eigenvalue weighted by Crippen LogP contribution is 2.03. The number of rotatable bonds is 15. The zero-order valence-corrected chi connectivity index (χ0v) is 19.2. The number of aliphatic hydroxyl groups is 1. The van der Waals surface area contributed by atoms with E-state index in [9.17, 15) is 24.3 Å². The number of carbonyl (C=O) groups is 4. The molecule has 15 nitrogen and oxygen atoms in total. The number of carboxylic acids is 1. The molecule has 0 spiro atoms. The molecule has 1 heterocycles. The summed E-state index contributed by atoms with van der Waals surface area (Å²) in [6, 6.07) is -4.93. The van der Waals surface area contributed by atoms with Crippen molar-refractivity contribution in [2.24, 2.45) is 22.2 Å². The summed E-state index contributed by atoms with van der Waals surface area (Å²) >= 11 is 3.84. The fourth-order valence-electron chi connectivity index (χ4n) is 2.70. The number of hydrogen-bond donors (Lipinski definition) is 10. The molecule has 1 aromatic rings. The molecular weight excluding hydrogens is 470 g/mol. The minimum atomic E-state index is -1.47. The van der Waals surface area contributed by atoms with Gasteiger partial charge in [-0.1, -0.05) is 0 Å². The highest BCUT2D eigenvalue weighted by Gasteiger charge is 2.29. The zero-order chi connectivity index (χ0) is 25.7. The van der Waals surface area contributed by atoms with E-state index in [4.69, 9.17) is 22.3 Å². The Labute approximate surface area is 200 Å². The van der Waals surface area contributed by atoms with Gasteiger partial charge in [-0.3, -0.25) is 19.4 Å². The maximum atomic E-state index is 12.8. The van der Waals surface area contributed by atoms with E-state index in [1.807, 2.05) is 0 Å². The molecule has 0 aliphatic rings. The zero-order valence-electron chi connectivity index (χ0n) is 18.3. The number of hydrogen-bond acceptors (Lipinski definition) is 9. The van der Waals surface area contributed by atoms with Gasteiger partial charge < -0.3 is 48.3 Å². The Balaban J connectivity index is 2.86. The number of guanidine groups is 1. The highest BCUT2D eigenvalue weighted by molar-refractivity contribution is 7.80. The Hall–Kier alpha value is -3.37. The first-order valence-corrected chi connectivity index (χ1v) is 10.9. The Morgan fingerprint density at radius 1 is 1.09 bits per heavy atom. The average molecular weight is 502 g/mol. The van der Waals surface area contributed by atoms with Crippen molar-refractivity contribution in [2.45, 2.75) is 43.4 Å². The van der Waals surface area contributed by atoms with E-state index in [1.165, 1.54) is 12.5 Å². The quantitative estimate of drug-likeness (QED) is 0.0479. The molecule has 0 saturated heterocycles. The minimum Gasteiger partial charge on any atom is -0.480 e. The first kappa shape index (κ1) is 28.7. The van der Waals surface area contributed by atoms with Crippen LogP contribution in [0.15, 0.2) is 17.5 Å². The lowest BCUT2D eigenvalue weighted by atomic mass is 10.1. The predicted molar refractivity (Wildman–Crippen MR) is 125 cm³/mol. The van der Waals surface area contributed by atoms with Gasteiger partial charge in [-0.2, -0.15) is 12.6 Å². The van der Waals surface area contributed by atoms with E-state index >= 15 is 0 Å². The molecule has 190 valence electrons. The summed E-state index contributed by atoms with van der Waals surface area (Å²) in [6.07, 6.45) is 3.45. The van der Waals surface area contributed by atoms with Gasteiger partial charge in [-0.25, -0.2) is 9.78 Å². The summed E-state index contributed by atoms with van der Waals surface area (Å²) < 4.78 is 0. The van der Waals surface area contributed by atoms with Gasteiger partial charge >= 0.3 is 5.97 Å². The van der Waals surface area contributed by atoms with Crippen LogP contribution in [0.25, 0.3) is 0 Å². The number of carbonyl (C=O) groups excluding carboxylic acids is 3. The van der Waals surface area contributed by atoms with Crippen LogP contribution >= 0.6 is 12.6 Å². The monoisotopic (exact) mass is 501 g/mol. The predicted octanol–water partition coefficient (Wildman–Crippen LogP) is -4.21. The standard InChI is InChI=1S/C18H31N9O6S/c19-10(4-9-5-22-8-24-9)14(29)25-11(2-1-3-23-18(20)21)15(30)26-12(6-28)16(31)27-13(7-34)17(32)33/h5,8,10-13,28,34H,1-4,6-7,19H2,(H,22,24)(H,25,29)(H,26,30)(H,27,31)(H,32,33)(H4,20,21,23). The van der Waals surface area contributed by atoms with Crippen molar-refractivity contribution >= 4 is 42.3 Å². The molecule has 0 aliphatic heterocycles. The molecule has 1 rings (SSSR count). The molecule has 34 heavy (non-hydrogen) atoms. The molecule has 12 N–H and O–H groups in total. The number of aromatic amines is 1.